The number of thiocarbonyl (C=S) groups is 1. The van der Waals surface area contributed by atoms with E-state index in [2.05, 4.69) is 12.2 Å². The molecule has 0 bridgehead atoms. The lowest BCUT2D eigenvalue weighted by Crippen LogP contribution is -2.17. The van der Waals surface area contributed by atoms with Crippen molar-refractivity contribution in [1.82, 2.24) is 5.32 Å². The summed E-state index contributed by atoms with van der Waals surface area (Å²) in [6, 6.07) is 3.75. The van der Waals surface area contributed by atoms with E-state index in [9.17, 15) is 4.79 Å². The van der Waals surface area contributed by atoms with Crippen molar-refractivity contribution < 1.29 is 19.0 Å². The van der Waals surface area contributed by atoms with E-state index in [0.29, 0.717) is 26.5 Å². The van der Waals surface area contributed by atoms with Crippen molar-refractivity contribution in [2.45, 2.75) is 19.8 Å². The third-order valence-corrected chi connectivity index (χ3v) is 4.70. The number of amides is 1. The maximum Gasteiger partial charge on any atom is 0.263 e. The monoisotopic (exact) mass is 379 g/mol. The van der Waals surface area contributed by atoms with Crippen LogP contribution in [0.15, 0.2) is 28.7 Å². The Labute approximate surface area is 157 Å². The van der Waals surface area contributed by atoms with E-state index in [-0.39, 0.29) is 5.91 Å². The SMILES string of the molecule is CCCC(=Cc1cc(OC)c(OC)c(OC)c1)C=C1SC(=S)NC1=O. The minimum absolute atomic E-state index is 0.151. The third-order valence-electron chi connectivity index (χ3n) is 3.54. The van der Waals surface area contributed by atoms with Gasteiger partial charge in [-0.2, -0.15) is 0 Å². The number of methoxy groups -OCH3 is 3. The molecule has 1 saturated heterocycles. The summed E-state index contributed by atoms with van der Waals surface area (Å²) in [6.07, 6.45) is 5.68. The summed E-state index contributed by atoms with van der Waals surface area (Å²) < 4.78 is 16.6. The van der Waals surface area contributed by atoms with Crippen LogP contribution in [0.5, 0.6) is 17.2 Å². The molecule has 0 radical (unpaired) electrons. The van der Waals surface area contributed by atoms with Crippen molar-refractivity contribution in [3.8, 4) is 17.2 Å². The lowest BCUT2D eigenvalue weighted by molar-refractivity contribution is -0.115. The maximum atomic E-state index is 11.9. The minimum Gasteiger partial charge on any atom is -0.493 e. The average molecular weight is 380 g/mol. The molecule has 0 unspecified atom stereocenters. The molecule has 1 aromatic carbocycles. The standard InChI is InChI=1S/C18H21NO4S2/c1-5-6-11(10-15-17(20)19-18(24)25-15)7-12-8-13(21-2)16(23-4)14(9-12)22-3/h7-10H,5-6H2,1-4H3,(H,19,20,24). The Morgan fingerprint density at radius 3 is 2.28 bits per heavy atom. The molecule has 0 aliphatic carbocycles. The van der Waals surface area contributed by atoms with Gasteiger partial charge in [0.05, 0.1) is 26.2 Å². The average Bonchev–Trinajstić information content (AvgIpc) is 2.91. The lowest BCUT2D eigenvalue weighted by atomic mass is 10.0. The molecule has 5 nitrogen and oxygen atoms in total. The van der Waals surface area contributed by atoms with Crippen LogP contribution >= 0.6 is 24.0 Å². The Morgan fingerprint density at radius 2 is 1.84 bits per heavy atom. The highest BCUT2D eigenvalue weighted by molar-refractivity contribution is 8.26. The molecule has 1 fully saturated rings. The second-order valence-electron chi connectivity index (χ2n) is 5.28. The highest BCUT2D eigenvalue weighted by Crippen LogP contribution is 2.39. The van der Waals surface area contributed by atoms with E-state index < -0.39 is 0 Å². The topological polar surface area (TPSA) is 56.8 Å². The number of ether oxygens (including phenoxy) is 3. The van der Waals surface area contributed by atoms with Gasteiger partial charge in [0.15, 0.2) is 11.5 Å². The van der Waals surface area contributed by atoms with E-state index in [0.717, 1.165) is 24.0 Å². The van der Waals surface area contributed by atoms with Gasteiger partial charge in [-0.25, -0.2) is 0 Å². The molecule has 1 amide bonds. The molecule has 25 heavy (non-hydrogen) atoms. The van der Waals surface area contributed by atoms with Crippen LogP contribution in [-0.4, -0.2) is 31.6 Å². The normalized spacial score (nSPS) is 16.2. The second-order valence-corrected chi connectivity index (χ2v) is 7.00. The second kappa shape index (κ2) is 8.92. The Morgan fingerprint density at radius 1 is 1.20 bits per heavy atom. The zero-order valence-electron chi connectivity index (χ0n) is 14.7. The molecule has 1 heterocycles. The van der Waals surface area contributed by atoms with E-state index in [4.69, 9.17) is 26.4 Å². The van der Waals surface area contributed by atoms with Crippen molar-refractivity contribution in [2.75, 3.05) is 21.3 Å². The van der Waals surface area contributed by atoms with E-state index in [1.54, 1.807) is 21.3 Å². The number of thioether (sulfide) groups is 1. The predicted molar refractivity (Wildman–Crippen MR) is 105 cm³/mol. The quantitative estimate of drug-likeness (QED) is 0.572. The van der Waals surface area contributed by atoms with Crippen LogP contribution in [0, 0.1) is 0 Å². The number of rotatable bonds is 7. The van der Waals surface area contributed by atoms with Crippen LogP contribution in [0.2, 0.25) is 0 Å². The van der Waals surface area contributed by atoms with Crippen LogP contribution in [0.1, 0.15) is 25.3 Å². The van der Waals surface area contributed by atoms with Crippen LogP contribution in [-0.2, 0) is 4.79 Å². The first-order valence-corrected chi connectivity index (χ1v) is 9.00. The molecule has 134 valence electrons. The highest BCUT2D eigenvalue weighted by atomic mass is 32.2. The number of nitrogens with one attached hydrogen (secondary N) is 1. The summed E-state index contributed by atoms with van der Waals surface area (Å²) in [4.78, 5) is 12.5. The van der Waals surface area contributed by atoms with Gasteiger partial charge in [-0.3, -0.25) is 4.79 Å². The van der Waals surface area contributed by atoms with E-state index in [1.165, 1.54) is 11.8 Å². The molecule has 0 aromatic heterocycles. The molecule has 1 aliphatic rings. The first-order valence-electron chi connectivity index (χ1n) is 7.77. The fourth-order valence-corrected chi connectivity index (χ4v) is 3.52. The minimum atomic E-state index is -0.151. The number of benzene rings is 1. The number of hydrogen-bond acceptors (Lipinski definition) is 6. The van der Waals surface area contributed by atoms with Gasteiger partial charge < -0.3 is 19.5 Å². The van der Waals surface area contributed by atoms with Crippen LogP contribution < -0.4 is 19.5 Å². The summed E-state index contributed by atoms with van der Waals surface area (Å²) in [5.74, 6) is 1.58. The molecule has 0 atom stereocenters. The fraction of sp³-hybridized carbons (Fsp3) is 0.333. The number of allylic oxidation sites excluding steroid dienone is 2. The first kappa shape index (κ1) is 19.3. The Bertz CT molecular complexity index is 716. The third kappa shape index (κ3) is 4.76. The summed E-state index contributed by atoms with van der Waals surface area (Å²) in [7, 11) is 4.74. The summed E-state index contributed by atoms with van der Waals surface area (Å²) in [6.45, 7) is 2.09. The zero-order valence-corrected chi connectivity index (χ0v) is 16.3. The van der Waals surface area contributed by atoms with E-state index in [1.807, 2.05) is 24.3 Å². The van der Waals surface area contributed by atoms with Gasteiger partial charge in [0.1, 0.15) is 4.32 Å². The lowest BCUT2D eigenvalue weighted by Gasteiger charge is -2.13. The van der Waals surface area contributed by atoms with Gasteiger partial charge in [0.2, 0.25) is 5.75 Å². The maximum absolute atomic E-state index is 11.9. The molecule has 1 N–H and O–H groups in total. The van der Waals surface area contributed by atoms with Gasteiger partial charge in [-0.05, 0) is 35.8 Å². The summed E-state index contributed by atoms with van der Waals surface area (Å²) >= 11 is 6.32. The molecule has 1 aromatic rings. The first-order chi connectivity index (χ1) is 12.0. The molecule has 1 aliphatic heterocycles. The number of carbonyl (C=O) groups excluding carboxylic acids is 1. The van der Waals surface area contributed by atoms with Gasteiger partial charge in [-0.1, -0.05) is 43.4 Å². The molecule has 0 spiro atoms. The van der Waals surface area contributed by atoms with Crippen LogP contribution in [0.25, 0.3) is 6.08 Å². The van der Waals surface area contributed by atoms with Crippen molar-refractivity contribution in [1.29, 1.82) is 0 Å². The van der Waals surface area contributed by atoms with Crippen molar-refractivity contribution in [3.05, 3.63) is 34.3 Å². The van der Waals surface area contributed by atoms with Gasteiger partial charge in [0.25, 0.3) is 5.91 Å². The van der Waals surface area contributed by atoms with E-state index >= 15 is 0 Å². The Kier molecular flexibility index (Phi) is 6.90. The predicted octanol–water partition coefficient (Wildman–Crippen LogP) is 3.93. The fourth-order valence-electron chi connectivity index (χ4n) is 2.46. The van der Waals surface area contributed by atoms with Gasteiger partial charge in [-0.15, -0.1) is 0 Å². The smallest absolute Gasteiger partial charge is 0.263 e. The van der Waals surface area contributed by atoms with Gasteiger partial charge in [0, 0.05) is 0 Å². The summed E-state index contributed by atoms with van der Waals surface area (Å²) in [5, 5.41) is 2.63. The molecule has 7 heteroatoms. The largest absolute Gasteiger partial charge is 0.493 e. The molecule has 2 rings (SSSR count). The molecular weight excluding hydrogens is 358 g/mol. The summed E-state index contributed by atoms with van der Waals surface area (Å²) in [5.41, 5.74) is 1.93. The van der Waals surface area contributed by atoms with Gasteiger partial charge >= 0.3 is 0 Å². The van der Waals surface area contributed by atoms with Crippen molar-refractivity contribution >= 4 is 40.3 Å². The van der Waals surface area contributed by atoms with Crippen molar-refractivity contribution in [2.24, 2.45) is 0 Å². The zero-order chi connectivity index (χ0) is 18.4. The highest BCUT2D eigenvalue weighted by Gasteiger charge is 2.22. The molecular formula is C18H21NO4S2. The van der Waals surface area contributed by atoms with Crippen LogP contribution in [0.4, 0.5) is 0 Å². The number of carbonyl (C=O) groups is 1. The Balaban J connectivity index is 2.45. The van der Waals surface area contributed by atoms with Crippen molar-refractivity contribution in [3.63, 3.8) is 0 Å². The Hall–Kier alpha value is -1.99. The van der Waals surface area contributed by atoms with Crippen LogP contribution in [0.3, 0.4) is 0 Å². The molecule has 0 saturated carbocycles. The number of hydrogen-bond donors (Lipinski definition) is 1.